The van der Waals surface area contributed by atoms with Gasteiger partial charge in [0, 0.05) is 5.56 Å². The molecule has 84 valence electrons. The van der Waals surface area contributed by atoms with Crippen LogP contribution in [0.15, 0.2) is 28.9 Å². The fourth-order valence-corrected chi connectivity index (χ4v) is 1.36. The lowest BCUT2D eigenvalue weighted by Crippen LogP contribution is -2.05. The van der Waals surface area contributed by atoms with Gasteiger partial charge in [0.05, 0.1) is 6.10 Å². The molecule has 0 spiro atoms. The molecule has 0 aliphatic heterocycles. The molecule has 0 bridgehead atoms. The van der Waals surface area contributed by atoms with E-state index in [0.717, 1.165) is 11.3 Å². The number of ether oxygens (including phenoxy) is 1. The first-order valence-electron chi connectivity index (χ1n) is 5.02. The minimum atomic E-state index is 0.157. The van der Waals surface area contributed by atoms with Gasteiger partial charge in [0.2, 0.25) is 0 Å². The Hall–Kier alpha value is -2.04. The molecule has 1 aromatic heterocycles. The van der Waals surface area contributed by atoms with Crippen LogP contribution in [0.4, 0.5) is 5.82 Å². The maximum Gasteiger partial charge on any atom is 0.196 e. The number of nitrogens with zero attached hydrogens (tertiary/aromatic N) is 2. The SMILES string of the molecule is CC(C)Oc1ccc(-c2nonc2N)cc1. The van der Waals surface area contributed by atoms with Crippen molar-refractivity contribution < 1.29 is 9.37 Å². The molecular formula is C11H13N3O2. The Morgan fingerprint density at radius 2 is 1.88 bits per heavy atom. The third kappa shape index (κ3) is 2.13. The first-order valence-corrected chi connectivity index (χ1v) is 5.02. The largest absolute Gasteiger partial charge is 0.491 e. The Bertz CT molecular complexity index is 462. The topological polar surface area (TPSA) is 74.2 Å². The molecule has 2 N–H and O–H groups in total. The minimum absolute atomic E-state index is 0.157. The van der Waals surface area contributed by atoms with Crippen LogP contribution in [-0.2, 0) is 0 Å². The lowest BCUT2D eigenvalue weighted by atomic mass is 10.1. The van der Waals surface area contributed by atoms with Crippen molar-refractivity contribution in [2.24, 2.45) is 0 Å². The van der Waals surface area contributed by atoms with Crippen molar-refractivity contribution in [3.63, 3.8) is 0 Å². The Morgan fingerprint density at radius 1 is 1.19 bits per heavy atom. The molecule has 0 fully saturated rings. The molecule has 0 saturated carbocycles. The second-order valence-electron chi connectivity index (χ2n) is 3.69. The monoisotopic (exact) mass is 219 g/mol. The van der Waals surface area contributed by atoms with Gasteiger partial charge in [-0.05, 0) is 48.4 Å². The van der Waals surface area contributed by atoms with Crippen molar-refractivity contribution in [3.8, 4) is 17.0 Å². The highest BCUT2D eigenvalue weighted by molar-refractivity contribution is 5.69. The zero-order valence-electron chi connectivity index (χ0n) is 9.18. The summed E-state index contributed by atoms with van der Waals surface area (Å²) in [5.74, 6) is 1.10. The van der Waals surface area contributed by atoms with Crippen LogP contribution in [-0.4, -0.2) is 16.4 Å². The molecule has 0 radical (unpaired) electrons. The van der Waals surface area contributed by atoms with E-state index in [4.69, 9.17) is 10.5 Å². The van der Waals surface area contributed by atoms with Crippen molar-refractivity contribution >= 4 is 5.82 Å². The van der Waals surface area contributed by atoms with Gasteiger partial charge >= 0.3 is 0 Å². The van der Waals surface area contributed by atoms with E-state index in [-0.39, 0.29) is 11.9 Å². The summed E-state index contributed by atoms with van der Waals surface area (Å²) >= 11 is 0. The van der Waals surface area contributed by atoms with Crippen molar-refractivity contribution in [1.29, 1.82) is 0 Å². The van der Waals surface area contributed by atoms with E-state index in [1.807, 2.05) is 38.1 Å². The number of hydrogen-bond donors (Lipinski definition) is 1. The van der Waals surface area contributed by atoms with Crippen LogP contribution in [0.25, 0.3) is 11.3 Å². The molecule has 5 nitrogen and oxygen atoms in total. The van der Waals surface area contributed by atoms with Crippen LogP contribution in [0.5, 0.6) is 5.75 Å². The van der Waals surface area contributed by atoms with E-state index in [0.29, 0.717) is 5.69 Å². The van der Waals surface area contributed by atoms with Crippen LogP contribution in [0, 0.1) is 0 Å². The third-order valence-electron chi connectivity index (χ3n) is 2.01. The normalized spacial score (nSPS) is 10.7. The first kappa shape index (κ1) is 10.5. The molecule has 0 saturated heterocycles. The quantitative estimate of drug-likeness (QED) is 0.855. The molecule has 1 heterocycles. The van der Waals surface area contributed by atoms with Gasteiger partial charge in [0.1, 0.15) is 5.75 Å². The Kier molecular flexibility index (Phi) is 2.76. The van der Waals surface area contributed by atoms with Crippen LogP contribution in [0.3, 0.4) is 0 Å². The maximum atomic E-state index is 5.59. The van der Waals surface area contributed by atoms with Gasteiger partial charge in [-0.15, -0.1) is 0 Å². The lowest BCUT2D eigenvalue weighted by molar-refractivity contribution is 0.242. The Labute approximate surface area is 93.2 Å². The summed E-state index contributed by atoms with van der Waals surface area (Å²) in [7, 11) is 0. The first-order chi connectivity index (χ1) is 7.66. The molecule has 0 atom stereocenters. The highest BCUT2D eigenvalue weighted by Gasteiger charge is 2.08. The van der Waals surface area contributed by atoms with E-state index in [1.54, 1.807) is 0 Å². The summed E-state index contributed by atoms with van der Waals surface area (Å²) in [4.78, 5) is 0. The molecule has 16 heavy (non-hydrogen) atoms. The molecule has 5 heteroatoms. The van der Waals surface area contributed by atoms with Crippen molar-refractivity contribution in [2.75, 3.05) is 5.73 Å². The average Bonchev–Trinajstić information content (AvgIpc) is 2.65. The molecule has 0 aliphatic carbocycles. The van der Waals surface area contributed by atoms with Crippen LogP contribution in [0.2, 0.25) is 0 Å². The molecular weight excluding hydrogens is 206 g/mol. The van der Waals surface area contributed by atoms with Crippen LogP contribution >= 0.6 is 0 Å². The second kappa shape index (κ2) is 4.22. The highest BCUT2D eigenvalue weighted by Crippen LogP contribution is 2.24. The minimum Gasteiger partial charge on any atom is -0.491 e. The lowest BCUT2D eigenvalue weighted by Gasteiger charge is -2.09. The van der Waals surface area contributed by atoms with Gasteiger partial charge < -0.3 is 10.5 Å². The molecule has 0 unspecified atom stereocenters. The van der Waals surface area contributed by atoms with Gasteiger partial charge in [-0.25, -0.2) is 4.63 Å². The summed E-state index contributed by atoms with van der Waals surface area (Å²) in [6.45, 7) is 3.96. The van der Waals surface area contributed by atoms with Gasteiger partial charge in [-0.2, -0.15) is 0 Å². The zero-order valence-corrected chi connectivity index (χ0v) is 9.18. The fraction of sp³-hybridized carbons (Fsp3) is 0.273. The zero-order chi connectivity index (χ0) is 11.5. The van der Waals surface area contributed by atoms with E-state index in [9.17, 15) is 0 Å². The Balaban J connectivity index is 2.23. The molecule has 0 aliphatic rings. The van der Waals surface area contributed by atoms with Gasteiger partial charge in [-0.3, -0.25) is 0 Å². The molecule has 2 aromatic rings. The third-order valence-corrected chi connectivity index (χ3v) is 2.01. The second-order valence-corrected chi connectivity index (χ2v) is 3.69. The van der Waals surface area contributed by atoms with Crippen molar-refractivity contribution in [1.82, 2.24) is 10.3 Å². The smallest absolute Gasteiger partial charge is 0.196 e. The van der Waals surface area contributed by atoms with Crippen LogP contribution < -0.4 is 10.5 Å². The van der Waals surface area contributed by atoms with Crippen molar-refractivity contribution in [2.45, 2.75) is 20.0 Å². The number of nitrogens with two attached hydrogens (primary N) is 1. The average molecular weight is 219 g/mol. The standard InChI is InChI=1S/C11H13N3O2/c1-7(2)15-9-5-3-8(4-6-9)10-11(12)14-16-13-10/h3-7H,1-2H3,(H2,12,14). The predicted molar refractivity (Wildman–Crippen MR) is 59.9 cm³/mol. The molecule has 1 aromatic carbocycles. The van der Waals surface area contributed by atoms with E-state index in [1.165, 1.54) is 0 Å². The fourth-order valence-electron chi connectivity index (χ4n) is 1.36. The van der Waals surface area contributed by atoms with E-state index < -0.39 is 0 Å². The van der Waals surface area contributed by atoms with Crippen molar-refractivity contribution in [3.05, 3.63) is 24.3 Å². The van der Waals surface area contributed by atoms with Crippen LogP contribution in [0.1, 0.15) is 13.8 Å². The number of benzene rings is 1. The molecule has 0 amide bonds. The highest BCUT2D eigenvalue weighted by atomic mass is 16.6. The molecule has 2 rings (SSSR count). The van der Waals surface area contributed by atoms with Gasteiger partial charge in [-0.1, -0.05) is 0 Å². The summed E-state index contributed by atoms with van der Waals surface area (Å²) in [6.07, 6.45) is 0.157. The summed E-state index contributed by atoms with van der Waals surface area (Å²) in [5, 5.41) is 7.25. The van der Waals surface area contributed by atoms with E-state index in [2.05, 4.69) is 14.9 Å². The summed E-state index contributed by atoms with van der Waals surface area (Å²) in [6, 6.07) is 7.47. The number of hydrogen-bond acceptors (Lipinski definition) is 5. The van der Waals surface area contributed by atoms with Gasteiger partial charge in [0.25, 0.3) is 0 Å². The summed E-state index contributed by atoms with van der Waals surface area (Å²) < 4.78 is 10.1. The van der Waals surface area contributed by atoms with E-state index >= 15 is 0 Å². The predicted octanol–water partition coefficient (Wildman–Crippen LogP) is 2.11. The maximum absolute atomic E-state index is 5.59. The number of nitrogen functional groups attached to an aromatic ring is 1. The number of rotatable bonds is 3. The Morgan fingerprint density at radius 3 is 2.38 bits per heavy atom. The number of aromatic nitrogens is 2. The van der Waals surface area contributed by atoms with Gasteiger partial charge in [0.15, 0.2) is 11.5 Å². The number of anilines is 1. The summed E-state index contributed by atoms with van der Waals surface area (Å²) in [5.41, 5.74) is 7.00.